The van der Waals surface area contributed by atoms with Crippen LogP contribution in [-0.4, -0.2) is 25.2 Å². The summed E-state index contributed by atoms with van der Waals surface area (Å²) in [5, 5.41) is 4.56. The normalized spacial score (nSPS) is 11.0. The van der Waals surface area contributed by atoms with Crippen molar-refractivity contribution in [2.45, 2.75) is 20.3 Å². The van der Waals surface area contributed by atoms with Gasteiger partial charge in [-0.05, 0) is 31.5 Å². The molecule has 1 rings (SSSR count). The lowest BCUT2D eigenvalue weighted by molar-refractivity contribution is 0.152. The van der Waals surface area contributed by atoms with Crippen LogP contribution in [0.5, 0.6) is 0 Å². The lowest BCUT2D eigenvalue weighted by atomic mass is 10.1. The number of hydrogen-bond acceptors (Lipinski definition) is 4. The molecule has 5 nitrogen and oxygen atoms in total. The lowest BCUT2D eigenvalue weighted by Crippen LogP contribution is -2.22. The second kappa shape index (κ2) is 8.37. The van der Waals surface area contributed by atoms with Crippen molar-refractivity contribution in [3.8, 4) is 0 Å². The van der Waals surface area contributed by atoms with Crippen molar-refractivity contribution in [2.24, 2.45) is 5.10 Å². The smallest absolute Gasteiger partial charge is 0.427 e. The molecule has 1 aromatic carbocycles. The van der Waals surface area contributed by atoms with E-state index in [1.165, 1.54) is 0 Å². The van der Waals surface area contributed by atoms with Gasteiger partial charge in [0.15, 0.2) is 0 Å². The van der Waals surface area contributed by atoms with E-state index in [2.05, 4.69) is 10.5 Å². The Morgan fingerprint density at radius 3 is 2.42 bits per heavy atom. The average Bonchev–Trinajstić information content (AvgIpc) is 2.39. The molecule has 0 aliphatic carbocycles. The maximum atomic E-state index is 11.1. The Hall–Kier alpha value is -1.75. The molecule has 6 heteroatoms. The molecule has 0 saturated carbocycles. The molecule has 0 radical (unpaired) electrons. The first-order chi connectivity index (χ1) is 9.15. The van der Waals surface area contributed by atoms with Crippen LogP contribution in [0, 0.1) is 0 Å². The number of hydrogen-bond donors (Lipinski definition) is 1. The molecule has 0 aliphatic rings. The molecule has 1 amide bonds. The van der Waals surface area contributed by atoms with Crippen LogP contribution in [-0.2, 0) is 15.9 Å². The Balaban J connectivity index is 2.63. The molecule has 0 aliphatic heterocycles. The summed E-state index contributed by atoms with van der Waals surface area (Å²) < 4.78 is 10.1. The van der Waals surface area contributed by atoms with Gasteiger partial charge in [0.05, 0.1) is 19.6 Å². The Kier molecular flexibility index (Phi) is 6.74. The van der Waals surface area contributed by atoms with Crippen LogP contribution in [0.1, 0.15) is 19.4 Å². The summed E-state index contributed by atoms with van der Waals surface area (Å²) in [6, 6.07) is 7.33. The van der Waals surface area contributed by atoms with E-state index in [9.17, 15) is 4.79 Å². The summed E-state index contributed by atoms with van der Waals surface area (Å²) >= 11 is 5.81. The monoisotopic (exact) mass is 284 g/mol. The zero-order valence-electron chi connectivity index (χ0n) is 11.0. The first kappa shape index (κ1) is 15.3. The molecule has 0 fully saturated rings. The summed E-state index contributed by atoms with van der Waals surface area (Å²) in [5.74, 6) is 0.415. The predicted molar refractivity (Wildman–Crippen MR) is 74.4 cm³/mol. The van der Waals surface area contributed by atoms with Gasteiger partial charge in [-0.15, -0.1) is 5.10 Å². The fourth-order valence-corrected chi connectivity index (χ4v) is 1.46. The first-order valence-corrected chi connectivity index (χ1v) is 6.40. The van der Waals surface area contributed by atoms with E-state index < -0.39 is 6.09 Å². The van der Waals surface area contributed by atoms with E-state index in [-0.39, 0.29) is 0 Å². The van der Waals surface area contributed by atoms with Crippen LogP contribution in [0.3, 0.4) is 0 Å². The van der Waals surface area contributed by atoms with Crippen LogP contribution in [0.4, 0.5) is 4.79 Å². The third kappa shape index (κ3) is 6.10. The van der Waals surface area contributed by atoms with E-state index in [1.54, 1.807) is 19.1 Å². The maximum Gasteiger partial charge on any atom is 0.427 e. The van der Waals surface area contributed by atoms with Crippen molar-refractivity contribution in [3.63, 3.8) is 0 Å². The van der Waals surface area contributed by atoms with Gasteiger partial charge in [0.25, 0.3) is 0 Å². The maximum absolute atomic E-state index is 11.1. The van der Waals surface area contributed by atoms with Crippen molar-refractivity contribution in [1.29, 1.82) is 0 Å². The summed E-state index contributed by atoms with van der Waals surface area (Å²) in [4.78, 5) is 11.1. The molecule has 1 aromatic rings. The topological polar surface area (TPSA) is 59.9 Å². The number of hydrazone groups is 1. The molecule has 0 bridgehead atoms. The Bertz CT molecular complexity index is 432. The fraction of sp³-hybridized carbons (Fsp3) is 0.385. The van der Waals surface area contributed by atoms with Crippen LogP contribution in [0.2, 0.25) is 5.02 Å². The van der Waals surface area contributed by atoms with E-state index in [4.69, 9.17) is 21.1 Å². The summed E-state index contributed by atoms with van der Waals surface area (Å²) in [6.45, 7) is 4.33. The van der Waals surface area contributed by atoms with Gasteiger partial charge < -0.3 is 9.47 Å². The van der Waals surface area contributed by atoms with Crippen molar-refractivity contribution in [3.05, 3.63) is 34.9 Å². The van der Waals surface area contributed by atoms with Crippen molar-refractivity contribution in [1.82, 2.24) is 5.43 Å². The second-order valence-electron chi connectivity index (χ2n) is 3.57. The third-order valence-electron chi connectivity index (χ3n) is 2.13. The second-order valence-corrected chi connectivity index (χ2v) is 4.01. The number of amides is 1. The van der Waals surface area contributed by atoms with Gasteiger partial charge in [-0.3, -0.25) is 0 Å². The van der Waals surface area contributed by atoms with Crippen LogP contribution in [0.25, 0.3) is 0 Å². The highest BCUT2D eigenvalue weighted by Gasteiger charge is 2.05. The number of nitrogens with zero attached hydrogens (tertiary/aromatic N) is 1. The average molecular weight is 285 g/mol. The number of halogens is 1. The molecule has 0 aromatic heterocycles. The van der Waals surface area contributed by atoms with E-state index >= 15 is 0 Å². The van der Waals surface area contributed by atoms with Crippen LogP contribution in [0.15, 0.2) is 29.4 Å². The number of carbonyl (C=O) groups is 1. The summed E-state index contributed by atoms with van der Waals surface area (Å²) in [5.41, 5.74) is 3.26. The van der Waals surface area contributed by atoms with Gasteiger partial charge in [-0.25, -0.2) is 10.2 Å². The molecule has 0 atom stereocenters. The van der Waals surface area contributed by atoms with Gasteiger partial charge in [0.1, 0.15) is 0 Å². The van der Waals surface area contributed by atoms with Gasteiger partial charge in [-0.1, -0.05) is 23.7 Å². The number of ether oxygens (including phenoxy) is 2. The predicted octanol–water partition coefficient (Wildman–Crippen LogP) is 2.98. The Morgan fingerprint density at radius 1 is 1.21 bits per heavy atom. The highest BCUT2D eigenvalue weighted by atomic mass is 35.5. The van der Waals surface area contributed by atoms with Crippen LogP contribution >= 0.6 is 11.6 Å². The quantitative estimate of drug-likeness (QED) is 0.514. The molecule has 19 heavy (non-hydrogen) atoms. The van der Waals surface area contributed by atoms with E-state index in [0.717, 1.165) is 5.56 Å². The van der Waals surface area contributed by atoms with Crippen molar-refractivity contribution < 1.29 is 14.3 Å². The van der Waals surface area contributed by atoms with Gasteiger partial charge >= 0.3 is 6.09 Å². The number of benzene rings is 1. The van der Waals surface area contributed by atoms with Crippen molar-refractivity contribution >= 4 is 23.6 Å². The zero-order chi connectivity index (χ0) is 14.1. The summed E-state index contributed by atoms with van der Waals surface area (Å²) in [6.07, 6.45) is -0.131. The number of rotatable bonds is 5. The molecular weight excluding hydrogens is 268 g/mol. The molecule has 0 saturated heterocycles. The zero-order valence-corrected chi connectivity index (χ0v) is 11.7. The lowest BCUT2D eigenvalue weighted by Gasteiger charge is -2.08. The molecule has 0 heterocycles. The summed E-state index contributed by atoms with van der Waals surface area (Å²) in [7, 11) is 0. The van der Waals surface area contributed by atoms with E-state index in [1.807, 2.05) is 19.1 Å². The van der Waals surface area contributed by atoms with Gasteiger partial charge in [0.2, 0.25) is 5.90 Å². The minimum atomic E-state index is -0.601. The Labute approximate surface area is 117 Å². The molecule has 1 N–H and O–H groups in total. The Morgan fingerprint density at radius 2 is 1.84 bits per heavy atom. The van der Waals surface area contributed by atoms with Crippen molar-refractivity contribution in [2.75, 3.05) is 13.2 Å². The highest BCUT2D eigenvalue weighted by molar-refractivity contribution is 6.30. The van der Waals surface area contributed by atoms with Gasteiger partial charge in [0, 0.05) is 5.02 Å². The SMILES string of the molecule is CCOC(=O)N/N=C(/Cc1ccc(Cl)cc1)OCC. The number of nitrogens with one attached hydrogen (secondary N) is 1. The molecule has 104 valence electrons. The van der Waals surface area contributed by atoms with E-state index in [0.29, 0.717) is 30.6 Å². The minimum absolute atomic E-state index is 0.294. The highest BCUT2D eigenvalue weighted by Crippen LogP contribution is 2.10. The standard InChI is InChI=1S/C13H17ClN2O3/c1-3-18-12(15-16-13(17)19-4-2)9-10-5-7-11(14)8-6-10/h5-8H,3-4,9H2,1-2H3,(H,16,17)/b15-12-. The molecule has 0 unspecified atom stereocenters. The number of carbonyl (C=O) groups excluding carboxylic acids is 1. The van der Waals surface area contributed by atoms with Gasteiger partial charge in [-0.2, -0.15) is 0 Å². The minimum Gasteiger partial charge on any atom is -0.480 e. The third-order valence-corrected chi connectivity index (χ3v) is 2.38. The molecular formula is C13H17ClN2O3. The largest absolute Gasteiger partial charge is 0.480 e. The fourth-order valence-electron chi connectivity index (χ4n) is 1.34. The first-order valence-electron chi connectivity index (χ1n) is 6.02. The van der Waals surface area contributed by atoms with Crippen LogP contribution < -0.4 is 5.43 Å². The molecule has 0 spiro atoms.